The molecule has 0 saturated carbocycles. The number of H-pyrrole nitrogens is 1. The van der Waals surface area contributed by atoms with Gasteiger partial charge < -0.3 is 14.5 Å². The molecule has 12 aromatic rings. The first-order valence-corrected chi connectivity index (χ1v) is 22.8. The maximum atomic E-state index is 4.53. The highest BCUT2D eigenvalue weighted by Crippen LogP contribution is 2.48. The van der Waals surface area contributed by atoms with Gasteiger partial charge in [0.05, 0.1) is 23.3 Å². The molecule has 316 valence electrons. The summed E-state index contributed by atoms with van der Waals surface area (Å²) < 4.78 is 2.43. The van der Waals surface area contributed by atoms with Crippen LogP contribution in [-0.4, -0.2) is 14.5 Å². The number of nitrogens with one attached hydrogen (secondary N) is 1. The van der Waals surface area contributed by atoms with Gasteiger partial charge in [0, 0.05) is 45.8 Å². The zero-order chi connectivity index (χ0) is 44.5. The van der Waals surface area contributed by atoms with E-state index >= 15 is 0 Å². The summed E-state index contributed by atoms with van der Waals surface area (Å²) in [5.74, 6) is 0. The van der Waals surface area contributed by atoms with E-state index in [9.17, 15) is 0 Å². The SMILES string of the molecule is c1ccc(-c2ccc(-c3c4ccccc4c(-c4ccc(-c5ccccc5)n4-c4ccccc4)c4ccc(-c5ccc(N(c6ccccc6)c6cccnc6)cc5-c5ccccc5)cc34)[nH]2)cc1. The normalized spacial score (nSPS) is 11.3. The van der Waals surface area contributed by atoms with Gasteiger partial charge in [-0.3, -0.25) is 4.98 Å². The van der Waals surface area contributed by atoms with Gasteiger partial charge in [-0.1, -0.05) is 170 Å². The van der Waals surface area contributed by atoms with Crippen molar-refractivity contribution in [2.75, 3.05) is 4.90 Å². The average Bonchev–Trinajstić information content (AvgIpc) is 4.08. The van der Waals surface area contributed by atoms with E-state index in [2.05, 4.69) is 262 Å². The van der Waals surface area contributed by atoms with E-state index in [1.165, 1.54) is 32.7 Å². The molecule has 0 spiro atoms. The monoisotopic (exact) mass is 856 g/mol. The summed E-state index contributed by atoms with van der Waals surface area (Å²) in [6.07, 6.45) is 3.75. The predicted molar refractivity (Wildman–Crippen MR) is 280 cm³/mol. The molecule has 67 heavy (non-hydrogen) atoms. The number of anilines is 3. The van der Waals surface area contributed by atoms with Gasteiger partial charge in [-0.2, -0.15) is 0 Å². The number of hydrogen-bond acceptors (Lipinski definition) is 2. The zero-order valence-corrected chi connectivity index (χ0v) is 36.7. The minimum atomic E-state index is 0.992. The van der Waals surface area contributed by atoms with Gasteiger partial charge >= 0.3 is 0 Å². The Bertz CT molecular complexity index is 3620. The molecule has 3 heterocycles. The number of rotatable bonds is 10. The van der Waals surface area contributed by atoms with Crippen LogP contribution in [0.1, 0.15) is 0 Å². The molecule has 3 aromatic heterocycles. The quantitative estimate of drug-likeness (QED) is 0.139. The maximum absolute atomic E-state index is 4.53. The number of fused-ring (bicyclic) bond motifs is 2. The fraction of sp³-hybridized carbons (Fsp3) is 0. The number of para-hydroxylation sites is 2. The lowest BCUT2D eigenvalue weighted by Crippen LogP contribution is -2.10. The van der Waals surface area contributed by atoms with E-state index in [1.807, 2.05) is 18.5 Å². The lowest BCUT2D eigenvalue weighted by Gasteiger charge is -2.26. The van der Waals surface area contributed by atoms with Crippen molar-refractivity contribution in [1.82, 2.24) is 14.5 Å². The largest absolute Gasteiger partial charge is 0.355 e. The molecule has 1 N–H and O–H groups in total. The summed E-state index contributed by atoms with van der Waals surface area (Å²) >= 11 is 0. The molecule has 0 bridgehead atoms. The number of benzene rings is 9. The van der Waals surface area contributed by atoms with Crippen LogP contribution >= 0.6 is 0 Å². The third-order valence-electron chi connectivity index (χ3n) is 12.9. The summed E-state index contributed by atoms with van der Waals surface area (Å²) in [6, 6.07) is 89.4. The molecule has 0 aliphatic rings. The van der Waals surface area contributed by atoms with Crippen LogP contribution in [0.25, 0.3) is 94.5 Å². The standard InChI is InChI=1S/C63H44N4/c1-6-19-44(20-7-1)56-42-50(66(48-25-12-4-13-26-48)51-29-18-40-64-43-51)33-35-52(56)47-32-34-55-57(41-47)62(59-37-36-58(65-59)45-21-8-2-9-22-45)53-30-16-17-31-54(53)63(55)61-39-38-60(46-23-10-3-11-24-46)67(61)49-27-14-5-15-28-49/h1-43,65H. The Hall–Kier alpha value is -8.99. The Morgan fingerprint density at radius 2 is 0.925 bits per heavy atom. The van der Waals surface area contributed by atoms with E-state index < -0.39 is 0 Å². The molecule has 0 fully saturated rings. The van der Waals surface area contributed by atoms with Crippen molar-refractivity contribution in [2.45, 2.75) is 0 Å². The highest BCUT2D eigenvalue weighted by Gasteiger charge is 2.24. The van der Waals surface area contributed by atoms with Crippen molar-refractivity contribution in [3.63, 3.8) is 0 Å². The summed E-state index contributed by atoms with van der Waals surface area (Å²) in [5, 5.41) is 4.71. The molecule has 9 aromatic carbocycles. The molecule has 0 amide bonds. The Morgan fingerprint density at radius 1 is 0.343 bits per heavy atom. The van der Waals surface area contributed by atoms with Crippen LogP contribution in [0, 0.1) is 0 Å². The number of pyridine rings is 1. The molecule has 0 aliphatic carbocycles. The number of nitrogens with zero attached hydrogens (tertiary/aromatic N) is 3. The Morgan fingerprint density at radius 3 is 1.63 bits per heavy atom. The summed E-state index contributed by atoms with van der Waals surface area (Å²) in [7, 11) is 0. The molecular weight excluding hydrogens is 813 g/mol. The van der Waals surface area contributed by atoms with Crippen molar-refractivity contribution in [2.24, 2.45) is 0 Å². The van der Waals surface area contributed by atoms with Gasteiger partial charge in [0.15, 0.2) is 0 Å². The summed E-state index contributed by atoms with van der Waals surface area (Å²) in [4.78, 5) is 10.7. The molecule has 0 saturated heterocycles. The maximum Gasteiger partial charge on any atom is 0.0644 e. The summed E-state index contributed by atoms with van der Waals surface area (Å²) in [5.41, 5.74) is 17.9. The summed E-state index contributed by atoms with van der Waals surface area (Å²) in [6.45, 7) is 0. The van der Waals surface area contributed by atoms with Gasteiger partial charge in [-0.25, -0.2) is 0 Å². The topological polar surface area (TPSA) is 36.9 Å². The Kier molecular flexibility index (Phi) is 10.2. The lowest BCUT2D eigenvalue weighted by atomic mass is 9.86. The van der Waals surface area contributed by atoms with E-state index in [0.717, 1.165) is 78.9 Å². The zero-order valence-electron chi connectivity index (χ0n) is 36.7. The number of aromatic amines is 1. The highest BCUT2D eigenvalue weighted by molar-refractivity contribution is 6.22. The molecule has 0 atom stereocenters. The van der Waals surface area contributed by atoms with Crippen molar-refractivity contribution in [3.05, 3.63) is 261 Å². The van der Waals surface area contributed by atoms with Crippen LogP contribution in [0.4, 0.5) is 17.1 Å². The van der Waals surface area contributed by atoms with Crippen LogP contribution in [0.15, 0.2) is 261 Å². The van der Waals surface area contributed by atoms with E-state index in [0.29, 0.717) is 0 Å². The fourth-order valence-corrected chi connectivity index (χ4v) is 9.85. The molecule has 0 aliphatic heterocycles. The molecule has 4 heteroatoms. The van der Waals surface area contributed by atoms with Crippen LogP contribution < -0.4 is 4.90 Å². The smallest absolute Gasteiger partial charge is 0.0644 e. The minimum Gasteiger partial charge on any atom is -0.355 e. The van der Waals surface area contributed by atoms with E-state index in [1.54, 1.807) is 0 Å². The second kappa shape index (κ2) is 17.2. The van der Waals surface area contributed by atoms with Crippen LogP contribution in [0.3, 0.4) is 0 Å². The molecule has 12 rings (SSSR count). The number of aromatic nitrogens is 3. The molecule has 0 unspecified atom stereocenters. The minimum absolute atomic E-state index is 0.992. The van der Waals surface area contributed by atoms with Crippen molar-refractivity contribution >= 4 is 38.6 Å². The van der Waals surface area contributed by atoms with Crippen LogP contribution in [0.5, 0.6) is 0 Å². The fourth-order valence-electron chi connectivity index (χ4n) is 9.85. The Labute approximate surface area is 390 Å². The van der Waals surface area contributed by atoms with Gasteiger partial charge in [0.1, 0.15) is 0 Å². The number of hydrogen-bond donors (Lipinski definition) is 1. The Balaban J connectivity index is 1.14. The van der Waals surface area contributed by atoms with Crippen molar-refractivity contribution < 1.29 is 0 Å². The van der Waals surface area contributed by atoms with Gasteiger partial charge in [-0.15, -0.1) is 0 Å². The van der Waals surface area contributed by atoms with Crippen molar-refractivity contribution in [1.29, 1.82) is 0 Å². The van der Waals surface area contributed by atoms with Gasteiger partial charge in [0.25, 0.3) is 0 Å². The predicted octanol–water partition coefficient (Wildman–Crippen LogP) is 17.0. The van der Waals surface area contributed by atoms with Crippen LogP contribution in [-0.2, 0) is 0 Å². The lowest BCUT2D eigenvalue weighted by molar-refractivity contribution is 1.10. The second-order valence-electron chi connectivity index (χ2n) is 16.8. The van der Waals surface area contributed by atoms with Crippen LogP contribution in [0.2, 0.25) is 0 Å². The van der Waals surface area contributed by atoms with Gasteiger partial charge in [0.2, 0.25) is 0 Å². The van der Waals surface area contributed by atoms with E-state index in [-0.39, 0.29) is 0 Å². The first-order chi connectivity index (χ1) is 33.3. The molecular formula is C63H44N4. The molecule has 0 radical (unpaired) electrons. The first kappa shape index (κ1) is 39.6. The first-order valence-electron chi connectivity index (χ1n) is 22.8. The molecule has 4 nitrogen and oxygen atoms in total. The van der Waals surface area contributed by atoms with Crippen molar-refractivity contribution in [3.8, 4) is 73.0 Å². The average molecular weight is 857 g/mol. The second-order valence-corrected chi connectivity index (χ2v) is 16.8. The third-order valence-corrected chi connectivity index (χ3v) is 12.9. The third kappa shape index (κ3) is 7.27. The van der Waals surface area contributed by atoms with E-state index in [4.69, 9.17) is 0 Å². The van der Waals surface area contributed by atoms with Gasteiger partial charge in [-0.05, 0) is 134 Å². The highest BCUT2D eigenvalue weighted by atomic mass is 15.1.